The van der Waals surface area contributed by atoms with Crippen molar-refractivity contribution in [2.75, 3.05) is 5.32 Å². The van der Waals surface area contributed by atoms with E-state index >= 15 is 0 Å². The highest BCUT2D eigenvalue weighted by Crippen LogP contribution is 2.28. The van der Waals surface area contributed by atoms with E-state index in [1.54, 1.807) is 16.9 Å². The maximum absolute atomic E-state index is 12.4. The summed E-state index contributed by atoms with van der Waals surface area (Å²) in [5.74, 6) is 0.773. The van der Waals surface area contributed by atoms with Crippen LogP contribution in [0.1, 0.15) is 15.9 Å². The van der Waals surface area contributed by atoms with Gasteiger partial charge in [-0.2, -0.15) is 5.10 Å². The van der Waals surface area contributed by atoms with E-state index in [9.17, 15) is 4.79 Å². The van der Waals surface area contributed by atoms with E-state index in [0.29, 0.717) is 12.1 Å². The normalized spacial score (nSPS) is 10.8. The minimum absolute atomic E-state index is 0.0923. The Labute approximate surface area is 154 Å². The Bertz CT molecular complexity index is 1050. The molecule has 2 aromatic heterocycles. The van der Waals surface area contributed by atoms with Crippen molar-refractivity contribution in [3.8, 4) is 0 Å². The van der Waals surface area contributed by atoms with Gasteiger partial charge in [0.05, 0.1) is 16.4 Å². The molecule has 26 heavy (non-hydrogen) atoms. The van der Waals surface area contributed by atoms with E-state index in [1.165, 1.54) is 11.3 Å². The van der Waals surface area contributed by atoms with Crippen LogP contribution in [0.4, 0.5) is 10.9 Å². The van der Waals surface area contributed by atoms with Gasteiger partial charge < -0.3 is 10.6 Å². The number of carbonyl (C=O) groups excluding carboxylic acids is 1. The summed E-state index contributed by atoms with van der Waals surface area (Å²) >= 11 is 1.51. The minimum atomic E-state index is -0.0923. The Kier molecular flexibility index (Phi) is 4.37. The smallest absolute Gasteiger partial charge is 0.251 e. The molecule has 2 heterocycles. The molecule has 0 aliphatic heterocycles. The van der Waals surface area contributed by atoms with E-state index < -0.39 is 0 Å². The summed E-state index contributed by atoms with van der Waals surface area (Å²) in [7, 11) is 1.87. The summed E-state index contributed by atoms with van der Waals surface area (Å²) in [6.45, 7) is 0.508. The molecule has 0 aliphatic rings. The van der Waals surface area contributed by atoms with Crippen LogP contribution in [0, 0.1) is 0 Å². The number of hydrogen-bond donors (Lipinski definition) is 2. The molecule has 0 saturated carbocycles. The van der Waals surface area contributed by atoms with Crippen molar-refractivity contribution >= 4 is 38.4 Å². The van der Waals surface area contributed by atoms with Crippen molar-refractivity contribution in [1.29, 1.82) is 0 Å². The molecule has 0 saturated heterocycles. The molecule has 130 valence electrons. The van der Waals surface area contributed by atoms with Crippen molar-refractivity contribution in [3.05, 3.63) is 71.9 Å². The number of aromatic nitrogens is 3. The molecule has 6 nitrogen and oxygen atoms in total. The Morgan fingerprint density at radius 2 is 2.00 bits per heavy atom. The van der Waals surface area contributed by atoms with Gasteiger partial charge in [0, 0.05) is 25.2 Å². The third kappa shape index (κ3) is 3.43. The average molecular weight is 363 g/mol. The second-order valence-corrected chi connectivity index (χ2v) is 6.87. The van der Waals surface area contributed by atoms with Crippen LogP contribution >= 0.6 is 11.3 Å². The first kappa shape index (κ1) is 16.3. The van der Waals surface area contributed by atoms with E-state index in [2.05, 4.69) is 20.7 Å². The molecule has 0 radical (unpaired) electrons. The Hall–Kier alpha value is -3.19. The highest BCUT2D eigenvalue weighted by molar-refractivity contribution is 7.22. The average Bonchev–Trinajstić information content (AvgIpc) is 3.25. The molecule has 0 aliphatic carbocycles. The van der Waals surface area contributed by atoms with Crippen molar-refractivity contribution in [2.24, 2.45) is 7.05 Å². The summed E-state index contributed by atoms with van der Waals surface area (Å²) in [5.41, 5.74) is 2.56. The van der Waals surface area contributed by atoms with Crippen LogP contribution in [0.3, 0.4) is 0 Å². The third-order valence-corrected chi connectivity index (χ3v) is 4.94. The van der Waals surface area contributed by atoms with Crippen molar-refractivity contribution in [2.45, 2.75) is 6.54 Å². The lowest BCUT2D eigenvalue weighted by molar-refractivity contribution is 0.0951. The standard InChI is InChI=1S/C19H17N5OS/c1-24-17(9-10-21-24)23-19-22-15-8-7-14(11-16(15)26-19)18(25)20-12-13-5-3-2-4-6-13/h2-11H,12H2,1H3,(H,20,25)(H,22,23). The Morgan fingerprint density at radius 3 is 2.77 bits per heavy atom. The fraction of sp³-hybridized carbons (Fsp3) is 0.105. The highest BCUT2D eigenvalue weighted by atomic mass is 32.1. The largest absolute Gasteiger partial charge is 0.348 e. The number of fused-ring (bicyclic) bond motifs is 1. The van der Waals surface area contributed by atoms with E-state index in [1.807, 2.05) is 55.6 Å². The van der Waals surface area contributed by atoms with Gasteiger partial charge in [-0.1, -0.05) is 41.7 Å². The number of nitrogens with one attached hydrogen (secondary N) is 2. The van der Waals surface area contributed by atoms with Crippen LogP contribution in [-0.4, -0.2) is 20.7 Å². The maximum Gasteiger partial charge on any atom is 0.251 e. The van der Waals surface area contributed by atoms with Gasteiger partial charge in [0.25, 0.3) is 5.91 Å². The molecule has 0 atom stereocenters. The molecule has 0 spiro atoms. The number of amides is 1. The second kappa shape index (κ2) is 6.97. The van der Waals surface area contributed by atoms with E-state index in [4.69, 9.17) is 0 Å². The fourth-order valence-corrected chi connectivity index (χ4v) is 3.52. The van der Waals surface area contributed by atoms with Crippen LogP contribution in [0.2, 0.25) is 0 Å². The predicted octanol–water partition coefficient (Wildman–Crippen LogP) is 3.70. The molecular weight excluding hydrogens is 346 g/mol. The van der Waals surface area contributed by atoms with Crippen LogP contribution in [0.15, 0.2) is 60.8 Å². The van der Waals surface area contributed by atoms with Crippen LogP contribution in [-0.2, 0) is 13.6 Å². The lowest BCUT2D eigenvalue weighted by Gasteiger charge is -2.05. The molecule has 0 fully saturated rings. The van der Waals surface area contributed by atoms with Gasteiger partial charge in [-0.25, -0.2) is 4.98 Å². The quantitative estimate of drug-likeness (QED) is 0.567. The minimum Gasteiger partial charge on any atom is -0.348 e. The number of nitrogens with zero attached hydrogens (tertiary/aromatic N) is 3. The first-order valence-corrected chi connectivity index (χ1v) is 8.98. The fourth-order valence-electron chi connectivity index (χ4n) is 2.61. The van der Waals surface area contributed by atoms with Gasteiger partial charge in [-0.05, 0) is 23.8 Å². The van der Waals surface area contributed by atoms with Crippen LogP contribution in [0.25, 0.3) is 10.2 Å². The molecule has 7 heteroatoms. The molecule has 0 bridgehead atoms. The highest BCUT2D eigenvalue weighted by Gasteiger charge is 2.10. The Balaban J connectivity index is 1.50. The van der Waals surface area contributed by atoms with Gasteiger partial charge in [0.1, 0.15) is 5.82 Å². The molecular formula is C19H17N5OS. The van der Waals surface area contributed by atoms with Gasteiger partial charge >= 0.3 is 0 Å². The number of hydrogen-bond acceptors (Lipinski definition) is 5. The summed E-state index contributed by atoms with van der Waals surface area (Å²) in [6, 6.07) is 17.3. The Morgan fingerprint density at radius 1 is 1.15 bits per heavy atom. The van der Waals surface area contributed by atoms with Gasteiger partial charge in [0.2, 0.25) is 0 Å². The summed E-state index contributed by atoms with van der Waals surface area (Å²) < 4.78 is 2.70. The van der Waals surface area contributed by atoms with E-state index in [-0.39, 0.29) is 5.91 Å². The van der Waals surface area contributed by atoms with Crippen LogP contribution < -0.4 is 10.6 Å². The first-order valence-electron chi connectivity index (χ1n) is 8.17. The molecule has 4 rings (SSSR count). The number of thiazole rings is 1. The molecule has 2 N–H and O–H groups in total. The van der Waals surface area contributed by atoms with Gasteiger partial charge in [0.15, 0.2) is 5.13 Å². The van der Waals surface area contributed by atoms with Gasteiger partial charge in [-0.15, -0.1) is 0 Å². The topological polar surface area (TPSA) is 71.8 Å². The van der Waals surface area contributed by atoms with Crippen molar-refractivity contribution < 1.29 is 4.79 Å². The number of carbonyl (C=O) groups is 1. The molecule has 2 aromatic carbocycles. The second-order valence-electron chi connectivity index (χ2n) is 5.83. The number of benzene rings is 2. The summed E-state index contributed by atoms with van der Waals surface area (Å²) in [6.07, 6.45) is 1.73. The van der Waals surface area contributed by atoms with Crippen molar-refractivity contribution in [1.82, 2.24) is 20.1 Å². The number of anilines is 2. The zero-order valence-corrected chi connectivity index (χ0v) is 15.0. The summed E-state index contributed by atoms with van der Waals surface area (Å²) in [4.78, 5) is 17.0. The lowest BCUT2D eigenvalue weighted by Crippen LogP contribution is -2.22. The monoisotopic (exact) mass is 363 g/mol. The first-order chi connectivity index (χ1) is 12.7. The number of rotatable bonds is 5. The third-order valence-electron chi connectivity index (χ3n) is 4.00. The molecule has 0 unspecified atom stereocenters. The maximum atomic E-state index is 12.4. The predicted molar refractivity (Wildman–Crippen MR) is 104 cm³/mol. The lowest BCUT2D eigenvalue weighted by atomic mass is 10.2. The van der Waals surface area contributed by atoms with Gasteiger partial charge in [-0.3, -0.25) is 9.48 Å². The van der Waals surface area contributed by atoms with E-state index in [0.717, 1.165) is 26.7 Å². The zero-order chi connectivity index (χ0) is 17.9. The van der Waals surface area contributed by atoms with Crippen molar-refractivity contribution in [3.63, 3.8) is 0 Å². The van der Waals surface area contributed by atoms with Crippen LogP contribution in [0.5, 0.6) is 0 Å². The zero-order valence-electron chi connectivity index (χ0n) is 14.1. The number of aryl methyl sites for hydroxylation is 1. The molecule has 4 aromatic rings. The SMILES string of the molecule is Cn1nccc1Nc1nc2ccc(C(=O)NCc3ccccc3)cc2s1. The molecule has 1 amide bonds. The summed E-state index contributed by atoms with van der Waals surface area (Å²) in [5, 5.41) is 11.1.